The minimum atomic E-state index is -0.154. The third-order valence-electron chi connectivity index (χ3n) is 3.50. The molecule has 0 fully saturated rings. The first kappa shape index (κ1) is 15.8. The molecule has 2 aromatic rings. The molecule has 4 nitrogen and oxygen atoms in total. The van der Waals surface area contributed by atoms with Crippen LogP contribution in [0.4, 0.5) is 0 Å². The van der Waals surface area contributed by atoms with Gasteiger partial charge in [-0.25, -0.2) is 0 Å². The number of fused-ring (bicyclic) bond motifs is 1. The number of aliphatic hydroxyl groups excluding tert-OH is 1. The molecule has 1 heterocycles. The van der Waals surface area contributed by atoms with Crippen LogP contribution >= 0.6 is 11.8 Å². The van der Waals surface area contributed by atoms with Crippen molar-refractivity contribution in [3.8, 4) is 0 Å². The number of carbonyl (C=O) groups is 1. The Kier molecular flexibility index (Phi) is 5.20. The lowest BCUT2D eigenvalue weighted by atomic mass is 10.1. The Hall–Kier alpha value is -1.59. The van der Waals surface area contributed by atoms with Gasteiger partial charge >= 0.3 is 0 Å². The maximum absolute atomic E-state index is 12.5. The summed E-state index contributed by atoms with van der Waals surface area (Å²) in [6.45, 7) is 3.85. The van der Waals surface area contributed by atoms with Crippen molar-refractivity contribution in [1.82, 2.24) is 10.3 Å². The number of pyridine rings is 1. The summed E-state index contributed by atoms with van der Waals surface area (Å²) in [6, 6.07) is 9.37. The number of para-hydroxylation sites is 1. The second-order valence-corrected chi connectivity index (χ2v) is 6.13. The second-order valence-electron chi connectivity index (χ2n) is 5.05. The van der Waals surface area contributed by atoms with Crippen molar-refractivity contribution in [1.29, 1.82) is 0 Å². The van der Waals surface area contributed by atoms with E-state index < -0.39 is 0 Å². The van der Waals surface area contributed by atoms with Crippen molar-refractivity contribution in [2.24, 2.45) is 0 Å². The van der Waals surface area contributed by atoms with E-state index in [9.17, 15) is 9.90 Å². The maximum atomic E-state index is 12.5. The lowest BCUT2D eigenvalue weighted by Crippen LogP contribution is -2.41. The molecule has 0 bridgehead atoms. The van der Waals surface area contributed by atoms with Crippen LogP contribution in [0.5, 0.6) is 0 Å². The molecule has 0 saturated heterocycles. The predicted molar refractivity (Wildman–Crippen MR) is 87.8 cm³/mol. The van der Waals surface area contributed by atoms with Crippen molar-refractivity contribution in [2.45, 2.75) is 25.1 Å². The van der Waals surface area contributed by atoms with Crippen LogP contribution < -0.4 is 5.32 Å². The zero-order valence-electron chi connectivity index (χ0n) is 12.5. The quantitative estimate of drug-likeness (QED) is 0.890. The molecule has 0 aliphatic heterocycles. The Labute approximate surface area is 129 Å². The highest BCUT2D eigenvalue weighted by Crippen LogP contribution is 2.18. The number of benzene rings is 1. The number of nitrogens with zero attached hydrogens (tertiary/aromatic N) is 1. The summed E-state index contributed by atoms with van der Waals surface area (Å²) >= 11 is 1.54. The lowest BCUT2D eigenvalue weighted by Gasteiger charge is -2.21. The molecule has 1 amide bonds. The van der Waals surface area contributed by atoms with Gasteiger partial charge in [-0.05, 0) is 32.2 Å². The second kappa shape index (κ2) is 6.91. The van der Waals surface area contributed by atoms with E-state index in [1.54, 1.807) is 17.8 Å². The molecule has 21 heavy (non-hydrogen) atoms. The number of aliphatic hydroxyl groups is 1. The number of aromatic nitrogens is 1. The molecular formula is C16H20N2O2S. The Balaban J connectivity index is 2.29. The molecule has 2 N–H and O–H groups in total. The van der Waals surface area contributed by atoms with Gasteiger partial charge in [-0.15, -0.1) is 0 Å². The van der Waals surface area contributed by atoms with Gasteiger partial charge in [0.25, 0.3) is 5.91 Å². The SMILES string of the molecule is CSC(CO)C(C)NC(=O)c1cccc2ccc(C)nc12. The van der Waals surface area contributed by atoms with Crippen molar-refractivity contribution in [2.75, 3.05) is 12.9 Å². The summed E-state index contributed by atoms with van der Waals surface area (Å²) < 4.78 is 0. The van der Waals surface area contributed by atoms with Crippen molar-refractivity contribution in [3.63, 3.8) is 0 Å². The number of aryl methyl sites for hydroxylation is 1. The van der Waals surface area contributed by atoms with Gasteiger partial charge in [-0.3, -0.25) is 9.78 Å². The predicted octanol–water partition coefficient (Wildman–Crippen LogP) is 2.39. The number of thioether (sulfide) groups is 1. The molecule has 0 aliphatic carbocycles. The number of hydrogen-bond donors (Lipinski definition) is 2. The van der Waals surface area contributed by atoms with Crippen LogP contribution in [0.3, 0.4) is 0 Å². The first-order valence-corrected chi connectivity index (χ1v) is 8.16. The van der Waals surface area contributed by atoms with Gasteiger partial charge in [-0.1, -0.05) is 18.2 Å². The molecule has 5 heteroatoms. The summed E-state index contributed by atoms with van der Waals surface area (Å²) in [6.07, 6.45) is 1.92. The van der Waals surface area contributed by atoms with Crippen LogP contribution in [0.15, 0.2) is 30.3 Å². The highest BCUT2D eigenvalue weighted by Gasteiger charge is 2.19. The van der Waals surface area contributed by atoms with Gasteiger partial charge in [0.05, 0.1) is 17.7 Å². The smallest absolute Gasteiger partial charge is 0.253 e. The number of hydrogen-bond acceptors (Lipinski definition) is 4. The van der Waals surface area contributed by atoms with Crippen LogP contribution in [0, 0.1) is 6.92 Å². The minimum Gasteiger partial charge on any atom is -0.395 e. The fourth-order valence-corrected chi connectivity index (χ4v) is 2.87. The van der Waals surface area contributed by atoms with E-state index in [-0.39, 0.29) is 23.8 Å². The summed E-state index contributed by atoms with van der Waals surface area (Å²) in [5, 5.41) is 13.2. The van der Waals surface area contributed by atoms with E-state index >= 15 is 0 Å². The normalized spacial score (nSPS) is 13.9. The average molecular weight is 304 g/mol. The van der Waals surface area contributed by atoms with E-state index in [1.165, 1.54) is 0 Å². The Morgan fingerprint density at radius 3 is 2.81 bits per heavy atom. The third-order valence-corrected chi connectivity index (χ3v) is 4.67. The van der Waals surface area contributed by atoms with Crippen molar-refractivity contribution in [3.05, 3.63) is 41.6 Å². The molecule has 2 atom stereocenters. The van der Waals surface area contributed by atoms with E-state index in [1.807, 2.05) is 44.4 Å². The Morgan fingerprint density at radius 2 is 2.14 bits per heavy atom. The molecule has 112 valence electrons. The summed E-state index contributed by atoms with van der Waals surface area (Å²) in [7, 11) is 0. The minimum absolute atomic E-state index is 0.0152. The van der Waals surface area contributed by atoms with Gasteiger partial charge in [0.15, 0.2) is 0 Å². The molecule has 2 rings (SSSR count). The van der Waals surface area contributed by atoms with Gasteiger partial charge in [0.1, 0.15) is 0 Å². The van der Waals surface area contributed by atoms with Gasteiger partial charge in [-0.2, -0.15) is 11.8 Å². The molecule has 1 aromatic carbocycles. The standard InChI is InChI=1S/C16H20N2O2S/c1-10-7-8-12-5-4-6-13(15(12)17-10)16(20)18-11(2)14(9-19)21-3/h4-8,11,14,19H,9H2,1-3H3,(H,18,20). The zero-order valence-corrected chi connectivity index (χ0v) is 13.3. The van der Waals surface area contributed by atoms with E-state index in [2.05, 4.69) is 10.3 Å². The highest BCUT2D eigenvalue weighted by molar-refractivity contribution is 7.99. The number of rotatable bonds is 5. The average Bonchev–Trinajstić information content (AvgIpc) is 2.47. The first-order chi connectivity index (χ1) is 10.1. The van der Waals surface area contributed by atoms with Crippen LogP contribution in [0.1, 0.15) is 23.0 Å². The molecular weight excluding hydrogens is 284 g/mol. The summed E-state index contributed by atoms with van der Waals surface area (Å²) in [5.74, 6) is -0.154. The summed E-state index contributed by atoms with van der Waals surface area (Å²) in [5.41, 5.74) is 2.17. The van der Waals surface area contributed by atoms with Gasteiger partial charge in [0.2, 0.25) is 0 Å². The topological polar surface area (TPSA) is 62.2 Å². The molecule has 0 saturated carbocycles. The van der Waals surface area contributed by atoms with E-state index in [0.29, 0.717) is 11.1 Å². The highest BCUT2D eigenvalue weighted by atomic mass is 32.2. The Morgan fingerprint density at radius 1 is 1.38 bits per heavy atom. The number of amides is 1. The lowest BCUT2D eigenvalue weighted by molar-refractivity contribution is 0.0937. The van der Waals surface area contributed by atoms with Crippen LogP contribution in [-0.4, -0.2) is 40.2 Å². The fourth-order valence-electron chi connectivity index (χ4n) is 2.24. The van der Waals surface area contributed by atoms with Gasteiger partial charge < -0.3 is 10.4 Å². The largest absolute Gasteiger partial charge is 0.395 e. The number of nitrogens with one attached hydrogen (secondary N) is 1. The zero-order chi connectivity index (χ0) is 15.4. The number of carbonyl (C=O) groups excluding carboxylic acids is 1. The van der Waals surface area contributed by atoms with Crippen LogP contribution in [0.2, 0.25) is 0 Å². The summed E-state index contributed by atoms with van der Waals surface area (Å²) in [4.78, 5) is 16.9. The third kappa shape index (κ3) is 3.54. The van der Waals surface area contributed by atoms with Crippen molar-refractivity contribution >= 4 is 28.6 Å². The molecule has 1 aromatic heterocycles. The van der Waals surface area contributed by atoms with Crippen LogP contribution in [0.25, 0.3) is 10.9 Å². The molecule has 2 unspecified atom stereocenters. The van der Waals surface area contributed by atoms with Crippen molar-refractivity contribution < 1.29 is 9.90 Å². The molecule has 0 aliphatic rings. The fraction of sp³-hybridized carbons (Fsp3) is 0.375. The first-order valence-electron chi connectivity index (χ1n) is 6.87. The molecule has 0 spiro atoms. The van der Waals surface area contributed by atoms with Crippen LogP contribution in [-0.2, 0) is 0 Å². The Bertz CT molecular complexity index is 641. The van der Waals surface area contributed by atoms with E-state index in [0.717, 1.165) is 11.1 Å². The monoisotopic (exact) mass is 304 g/mol. The maximum Gasteiger partial charge on any atom is 0.253 e. The van der Waals surface area contributed by atoms with Gasteiger partial charge in [0, 0.05) is 22.4 Å². The molecule has 0 radical (unpaired) electrons. The van der Waals surface area contributed by atoms with E-state index in [4.69, 9.17) is 0 Å².